The fraction of sp³-hybridized carbons (Fsp3) is 0.538. The third kappa shape index (κ3) is 1.72. The van der Waals surface area contributed by atoms with Crippen molar-refractivity contribution >= 4 is 0 Å². The lowest BCUT2D eigenvalue weighted by Gasteiger charge is -2.25. The Kier molecular flexibility index (Phi) is 2.46. The molecule has 98 valence electrons. The van der Waals surface area contributed by atoms with Gasteiger partial charge in [-0.3, -0.25) is 5.32 Å². The number of fused-ring (bicyclic) bond motifs is 1. The smallest absolute Gasteiger partial charge is 0.297 e. The van der Waals surface area contributed by atoms with Crippen molar-refractivity contribution in [1.82, 2.24) is 5.32 Å². The van der Waals surface area contributed by atoms with E-state index in [1.807, 2.05) is 0 Å². The topological polar surface area (TPSA) is 12.0 Å². The van der Waals surface area contributed by atoms with Gasteiger partial charge >= 0.3 is 6.18 Å². The lowest BCUT2D eigenvalue weighted by atomic mass is 10.1. The van der Waals surface area contributed by atoms with Crippen molar-refractivity contribution in [2.45, 2.75) is 43.4 Å². The Balaban J connectivity index is 1.84. The van der Waals surface area contributed by atoms with Crippen molar-refractivity contribution < 1.29 is 17.6 Å². The average Bonchev–Trinajstić information content (AvgIpc) is 2.96. The van der Waals surface area contributed by atoms with Gasteiger partial charge in [0.25, 0.3) is 0 Å². The van der Waals surface area contributed by atoms with Gasteiger partial charge in [0, 0.05) is 6.04 Å². The largest absolute Gasteiger partial charge is 0.406 e. The van der Waals surface area contributed by atoms with E-state index in [4.69, 9.17) is 0 Å². The minimum absolute atomic E-state index is 0.123. The Bertz CT molecular complexity index is 476. The van der Waals surface area contributed by atoms with Crippen LogP contribution in [0, 0.1) is 5.82 Å². The Labute approximate surface area is 102 Å². The average molecular weight is 259 g/mol. The highest BCUT2D eigenvalue weighted by molar-refractivity contribution is 5.36. The molecule has 0 spiro atoms. The number of benzene rings is 1. The van der Waals surface area contributed by atoms with Crippen LogP contribution in [-0.2, 0) is 6.42 Å². The summed E-state index contributed by atoms with van der Waals surface area (Å²) in [5.74, 6) is -0.311. The van der Waals surface area contributed by atoms with E-state index in [9.17, 15) is 17.6 Å². The van der Waals surface area contributed by atoms with Crippen LogP contribution in [0.2, 0.25) is 0 Å². The number of hydrogen-bond donors (Lipinski definition) is 1. The molecule has 0 amide bonds. The van der Waals surface area contributed by atoms with Gasteiger partial charge in [-0.05, 0) is 42.9 Å². The summed E-state index contributed by atoms with van der Waals surface area (Å²) in [5.41, 5.74) is -0.482. The molecule has 2 aliphatic carbocycles. The Morgan fingerprint density at radius 2 is 1.94 bits per heavy atom. The zero-order chi connectivity index (χ0) is 13.0. The molecule has 1 saturated carbocycles. The SMILES string of the molecule is Fc1cccc2c1CCC2NC1(C(F)(F)F)CC1. The van der Waals surface area contributed by atoms with Crippen LogP contribution in [-0.4, -0.2) is 11.7 Å². The van der Waals surface area contributed by atoms with Crippen molar-refractivity contribution in [3.8, 4) is 0 Å². The molecule has 1 N–H and O–H groups in total. The molecule has 18 heavy (non-hydrogen) atoms. The fourth-order valence-electron chi connectivity index (χ4n) is 2.73. The van der Waals surface area contributed by atoms with Crippen LogP contribution in [0.1, 0.15) is 36.4 Å². The molecule has 0 aromatic heterocycles. The second-order valence-electron chi connectivity index (χ2n) is 5.12. The van der Waals surface area contributed by atoms with E-state index in [2.05, 4.69) is 5.32 Å². The lowest BCUT2D eigenvalue weighted by Crippen LogP contribution is -2.46. The van der Waals surface area contributed by atoms with Gasteiger partial charge in [-0.25, -0.2) is 4.39 Å². The van der Waals surface area contributed by atoms with Gasteiger partial charge in [0.1, 0.15) is 11.4 Å². The van der Waals surface area contributed by atoms with E-state index >= 15 is 0 Å². The highest BCUT2D eigenvalue weighted by atomic mass is 19.4. The molecular weight excluding hydrogens is 246 g/mol. The van der Waals surface area contributed by atoms with E-state index in [1.54, 1.807) is 12.1 Å². The maximum absolute atomic E-state index is 13.5. The molecule has 1 nitrogen and oxygen atoms in total. The molecule has 3 rings (SSSR count). The third-order valence-corrected chi connectivity index (χ3v) is 3.96. The van der Waals surface area contributed by atoms with Crippen LogP contribution >= 0.6 is 0 Å². The summed E-state index contributed by atoms with van der Waals surface area (Å²) < 4.78 is 52.1. The second-order valence-corrected chi connectivity index (χ2v) is 5.12. The zero-order valence-electron chi connectivity index (χ0n) is 9.65. The van der Waals surface area contributed by atoms with Gasteiger partial charge in [0.15, 0.2) is 0 Å². The monoisotopic (exact) mass is 259 g/mol. The standard InChI is InChI=1S/C13H13F4N/c14-10-3-1-2-9-8(10)4-5-11(9)18-12(6-7-12)13(15,16)17/h1-3,11,18H,4-7H2. The second kappa shape index (κ2) is 3.70. The first-order valence-corrected chi connectivity index (χ1v) is 6.05. The molecule has 1 fully saturated rings. The lowest BCUT2D eigenvalue weighted by molar-refractivity contribution is -0.168. The van der Waals surface area contributed by atoms with Crippen molar-refractivity contribution in [3.63, 3.8) is 0 Å². The first-order valence-electron chi connectivity index (χ1n) is 6.05. The van der Waals surface area contributed by atoms with Gasteiger partial charge < -0.3 is 0 Å². The van der Waals surface area contributed by atoms with Gasteiger partial charge in [-0.15, -0.1) is 0 Å². The predicted molar refractivity (Wildman–Crippen MR) is 58.6 cm³/mol. The molecule has 0 heterocycles. The summed E-state index contributed by atoms with van der Waals surface area (Å²) in [7, 11) is 0. The van der Waals surface area contributed by atoms with Crippen molar-refractivity contribution in [2.24, 2.45) is 0 Å². The third-order valence-electron chi connectivity index (χ3n) is 3.96. The number of rotatable bonds is 2. The maximum atomic E-state index is 13.5. The molecule has 1 unspecified atom stereocenters. The van der Waals surface area contributed by atoms with Crippen LogP contribution in [0.3, 0.4) is 0 Å². The van der Waals surface area contributed by atoms with Crippen LogP contribution in [0.15, 0.2) is 18.2 Å². The number of halogens is 4. The highest BCUT2D eigenvalue weighted by Gasteiger charge is 2.64. The molecule has 5 heteroatoms. The van der Waals surface area contributed by atoms with Crippen LogP contribution in [0.25, 0.3) is 0 Å². The van der Waals surface area contributed by atoms with Gasteiger partial charge in [-0.1, -0.05) is 12.1 Å². The van der Waals surface area contributed by atoms with E-state index in [-0.39, 0.29) is 24.7 Å². The fourth-order valence-corrected chi connectivity index (χ4v) is 2.73. The molecule has 1 atom stereocenters. The molecule has 0 aliphatic heterocycles. The van der Waals surface area contributed by atoms with Gasteiger partial charge in [-0.2, -0.15) is 13.2 Å². The van der Waals surface area contributed by atoms with E-state index < -0.39 is 11.7 Å². The van der Waals surface area contributed by atoms with E-state index in [1.165, 1.54) is 6.07 Å². The quantitative estimate of drug-likeness (QED) is 0.801. The first-order chi connectivity index (χ1) is 8.43. The van der Waals surface area contributed by atoms with Gasteiger partial charge in [0.05, 0.1) is 0 Å². The van der Waals surface area contributed by atoms with E-state index in [0.29, 0.717) is 24.0 Å². The number of hydrogen-bond acceptors (Lipinski definition) is 1. The summed E-state index contributed by atoms with van der Waals surface area (Å²) in [4.78, 5) is 0. The first kappa shape index (κ1) is 12.0. The predicted octanol–water partition coefficient (Wildman–Crippen LogP) is 3.50. The zero-order valence-corrected chi connectivity index (χ0v) is 9.65. The highest BCUT2D eigenvalue weighted by Crippen LogP contribution is 2.51. The van der Waals surface area contributed by atoms with Crippen molar-refractivity contribution in [3.05, 3.63) is 35.1 Å². The molecule has 0 radical (unpaired) electrons. The number of alkyl halides is 3. The van der Waals surface area contributed by atoms with E-state index in [0.717, 1.165) is 0 Å². The van der Waals surface area contributed by atoms with Crippen molar-refractivity contribution in [2.75, 3.05) is 0 Å². The summed E-state index contributed by atoms with van der Waals surface area (Å²) in [6.07, 6.45) is -2.93. The summed E-state index contributed by atoms with van der Waals surface area (Å²) in [6.45, 7) is 0. The molecule has 2 aliphatic rings. The summed E-state index contributed by atoms with van der Waals surface area (Å²) in [6, 6.07) is 4.26. The molecular formula is C13H13F4N. The number of nitrogens with one attached hydrogen (secondary N) is 1. The van der Waals surface area contributed by atoms with Crippen molar-refractivity contribution in [1.29, 1.82) is 0 Å². The molecule has 0 bridgehead atoms. The maximum Gasteiger partial charge on any atom is 0.406 e. The molecule has 0 saturated heterocycles. The Morgan fingerprint density at radius 1 is 1.22 bits per heavy atom. The minimum Gasteiger partial charge on any atom is -0.297 e. The summed E-state index contributed by atoms with van der Waals surface area (Å²) in [5, 5.41) is 2.70. The van der Waals surface area contributed by atoms with Gasteiger partial charge in [0.2, 0.25) is 0 Å². The normalized spacial score (nSPS) is 25.0. The molecule has 1 aromatic carbocycles. The van der Waals surface area contributed by atoms with Crippen LogP contribution in [0.4, 0.5) is 17.6 Å². The minimum atomic E-state index is -4.22. The summed E-state index contributed by atoms with van der Waals surface area (Å²) >= 11 is 0. The Morgan fingerprint density at radius 3 is 2.56 bits per heavy atom. The van der Waals surface area contributed by atoms with Crippen LogP contribution in [0.5, 0.6) is 0 Å². The Hall–Kier alpha value is -1.10. The van der Waals surface area contributed by atoms with Crippen LogP contribution < -0.4 is 5.32 Å². The molecule has 1 aromatic rings.